The maximum absolute atomic E-state index is 13.1. The molecule has 1 aromatic rings. The zero-order chi connectivity index (χ0) is 13.9. The van der Waals surface area contributed by atoms with Gasteiger partial charge in [-0.3, -0.25) is 4.79 Å². The third-order valence-electron chi connectivity index (χ3n) is 4.06. The largest absolute Gasteiger partial charge is 0.341 e. The Labute approximate surface area is 113 Å². The number of nitrogens with two attached hydrogens (primary N) is 1. The van der Waals surface area contributed by atoms with E-state index in [2.05, 4.69) is 0 Å². The molecule has 0 atom stereocenters. The summed E-state index contributed by atoms with van der Waals surface area (Å²) in [6.45, 7) is 0.831. The molecule has 1 saturated carbocycles. The van der Waals surface area contributed by atoms with E-state index in [0.29, 0.717) is 13.1 Å². The minimum absolute atomic E-state index is 0.0942. The number of halogens is 1. The predicted molar refractivity (Wildman–Crippen MR) is 72.8 cm³/mol. The van der Waals surface area contributed by atoms with Crippen LogP contribution in [0.3, 0.4) is 0 Å². The van der Waals surface area contributed by atoms with Gasteiger partial charge in [0.2, 0.25) is 5.91 Å². The van der Waals surface area contributed by atoms with Gasteiger partial charge in [0.1, 0.15) is 5.82 Å². The second-order valence-electron chi connectivity index (χ2n) is 5.48. The van der Waals surface area contributed by atoms with E-state index in [0.717, 1.165) is 31.2 Å². The molecule has 4 heteroatoms. The van der Waals surface area contributed by atoms with Crippen molar-refractivity contribution < 1.29 is 9.18 Å². The van der Waals surface area contributed by atoms with E-state index >= 15 is 0 Å². The van der Waals surface area contributed by atoms with Crippen LogP contribution in [0.15, 0.2) is 24.3 Å². The van der Waals surface area contributed by atoms with Crippen molar-refractivity contribution in [3.63, 3.8) is 0 Å². The average Bonchev–Trinajstić information content (AvgIpc) is 2.87. The quantitative estimate of drug-likeness (QED) is 0.907. The van der Waals surface area contributed by atoms with Crippen molar-refractivity contribution in [3.05, 3.63) is 35.6 Å². The first kappa shape index (κ1) is 14.0. The van der Waals surface area contributed by atoms with Crippen LogP contribution >= 0.6 is 0 Å². The number of benzene rings is 1. The number of carbonyl (C=O) groups excluding carboxylic acids is 1. The molecule has 0 aliphatic heterocycles. The summed E-state index contributed by atoms with van der Waals surface area (Å²) in [4.78, 5) is 14.2. The molecule has 0 saturated heterocycles. The van der Waals surface area contributed by atoms with Crippen LogP contribution in [0, 0.1) is 11.2 Å². The van der Waals surface area contributed by atoms with Crippen LogP contribution in [0.25, 0.3) is 0 Å². The van der Waals surface area contributed by atoms with Crippen molar-refractivity contribution in [2.45, 2.75) is 32.2 Å². The molecule has 1 amide bonds. The summed E-state index contributed by atoms with van der Waals surface area (Å²) in [6.07, 6.45) is 3.87. The fourth-order valence-corrected chi connectivity index (χ4v) is 2.94. The number of carbonyl (C=O) groups is 1. The first-order valence-electron chi connectivity index (χ1n) is 6.77. The van der Waals surface area contributed by atoms with Gasteiger partial charge in [-0.2, -0.15) is 0 Å². The number of amides is 1. The third-order valence-corrected chi connectivity index (χ3v) is 4.06. The Kier molecular flexibility index (Phi) is 4.20. The summed E-state index contributed by atoms with van der Waals surface area (Å²) in [5.74, 6) is -0.176. The van der Waals surface area contributed by atoms with Gasteiger partial charge in [0.15, 0.2) is 0 Å². The molecule has 1 aromatic carbocycles. The van der Waals surface area contributed by atoms with Gasteiger partial charge in [0.05, 0.1) is 5.41 Å². The molecule has 2 N–H and O–H groups in total. The fraction of sp³-hybridized carbons (Fsp3) is 0.533. The molecule has 1 aliphatic carbocycles. The molecule has 1 fully saturated rings. The lowest BCUT2D eigenvalue weighted by Crippen LogP contribution is -2.44. The molecule has 0 heterocycles. The van der Waals surface area contributed by atoms with Crippen LogP contribution in [0.5, 0.6) is 0 Å². The number of rotatable bonds is 4. The predicted octanol–water partition coefficient (Wildman–Crippen LogP) is 2.30. The van der Waals surface area contributed by atoms with E-state index in [1.54, 1.807) is 18.0 Å². The van der Waals surface area contributed by atoms with Crippen molar-refractivity contribution in [2.75, 3.05) is 13.6 Å². The molecule has 2 rings (SSSR count). The Balaban J connectivity index is 2.07. The molecule has 0 unspecified atom stereocenters. The first-order chi connectivity index (χ1) is 9.07. The van der Waals surface area contributed by atoms with Gasteiger partial charge in [-0.15, -0.1) is 0 Å². The van der Waals surface area contributed by atoms with E-state index in [1.807, 2.05) is 6.07 Å². The molecule has 0 radical (unpaired) electrons. The van der Waals surface area contributed by atoms with Gasteiger partial charge in [-0.25, -0.2) is 4.39 Å². The van der Waals surface area contributed by atoms with E-state index in [9.17, 15) is 9.18 Å². The van der Waals surface area contributed by atoms with Crippen molar-refractivity contribution in [1.82, 2.24) is 4.90 Å². The second kappa shape index (κ2) is 5.70. The van der Waals surface area contributed by atoms with Crippen molar-refractivity contribution in [2.24, 2.45) is 11.1 Å². The zero-order valence-corrected chi connectivity index (χ0v) is 11.4. The van der Waals surface area contributed by atoms with Gasteiger partial charge in [-0.05, 0) is 30.5 Å². The van der Waals surface area contributed by atoms with Crippen LogP contribution in [0.4, 0.5) is 4.39 Å². The van der Waals surface area contributed by atoms with Crippen LogP contribution in [0.2, 0.25) is 0 Å². The smallest absolute Gasteiger partial charge is 0.230 e. The molecule has 3 nitrogen and oxygen atoms in total. The lowest BCUT2D eigenvalue weighted by atomic mass is 9.84. The number of nitrogens with zero attached hydrogens (tertiary/aromatic N) is 1. The molecule has 19 heavy (non-hydrogen) atoms. The summed E-state index contributed by atoms with van der Waals surface area (Å²) < 4.78 is 13.1. The minimum atomic E-state index is -0.387. The molecular weight excluding hydrogens is 243 g/mol. The number of hydrogen-bond donors (Lipinski definition) is 1. The Hall–Kier alpha value is -1.42. The summed E-state index contributed by atoms with van der Waals surface area (Å²) >= 11 is 0. The molecule has 1 aliphatic rings. The zero-order valence-electron chi connectivity index (χ0n) is 11.4. The monoisotopic (exact) mass is 264 g/mol. The van der Waals surface area contributed by atoms with Gasteiger partial charge in [-0.1, -0.05) is 25.0 Å². The Bertz CT molecular complexity index is 455. The Morgan fingerprint density at radius 2 is 2.11 bits per heavy atom. The molecular formula is C15H21FN2O. The lowest BCUT2D eigenvalue weighted by Gasteiger charge is -2.31. The average molecular weight is 264 g/mol. The van der Waals surface area contributed by atoms with Crippen molar-refractivity contribution in [3.8, 4) is 0 Å². The molecule has 0 aromatic heterocycles. The second-order valence-corrected chi connectivity index (χ2v) is 5.48. The van der Waals surface area contributed by atoms with Crippen molar-refractivity contribution in [1.29, 1.82) is 0 Å². The minimum Gasteiger partial charge on any atom is -0.341 e. The third kappa shape index (κ3) is 2.95. The number of hydrogen-bond acceptors (Lipinski definition) is 2. The van der Waals surface area contributed by atoms with E-state index in [1.165, 1.54) is 12.1 Å². The highest BCUT2D eigenvalue weighted by molar-refractivity contribution is 5.83. The Morgan fingerprint density at radius 3 is 2.68 bits per heavy atom. The topological polar surface area (TPSA) is 46.3 Å². The fourth-order valence-electron chi connectivity index (χ4n) is 2.94. The van der Waals surface area contributed by atoms with Gasteiger partial charge in [0.25, 0.3) is 0 Å². The van der Waals surface area contributed by atoms with Crippen molar-refractivity contribution >= 4 is 5.91 Å². The van der Waals surface area contributed by atoms with E-state index in [4.69, 9.17) is 5.73 Å². The highest BCUT2D eigenvalue weighted by Crippen LogP contribution is 2.38. The first-order valence-corrected chi connectivity index (χ1v) is 6.77. The summed E-state index contributed by atoms with van der Waals surface area (Å²) in [5, 5.41) is 0. The highest BCUT2D eigenvalue weighted by atomic mass is 19.1. The SMILES string of the molecule is CN(Cc1cccc(F)c1)C(=O)C1(CN)CCCC1. The van der Waals surface area contributed by atoms with E-state index < -0.39 is 0 Å². The Morgan fingerprint density at radius 1 is 1.42 bits per heavy atom. The molecule has 0 bridgehead atoms. The maximum Gasteiger partial charge on any atom is 0.230 e. The summed E-state index contributed by atoms with van der Waals surface area (Å²) in [7, 11) is 1.77. The van der Waals surface area contributed by atoms with Crippen LogP contribution in [0.1, 0.15) is 31.2 Å². The molecule has 0 spiro atoms. The summed E-state index contributed by atoms with van der Waals surface area (Å²) in [5.41, 5.74) is 6.24. The van der Waals surface area contributed by atoms with Crippen LogP contribution < -0.4 is 5.73 Å². The van der Waals surface area contributed by atoms with Gasteiger partial charge >= 0.3 is 0 Å². The van der Waals surface area contributed by atoms with Gasteiger partial charge in [0, 0.05) is 20.1 Å². The highest BCUT2D eigenvalue weighted by Gasteiger charge is 2.41. The standard InChI is InChI=1S/C15H21FN2O/c1-18(10-12-5-4-6-13(16)9-12)14(19)15(11-17)7-2-3-8-15/h4-6,9H,2-3,7-8,10-11,17H2,1H3. The van der Waals surface area contributed by atoms with Gasteiger partial charge < -0.3 is 10.6 Å². The normalized spacial score (nSPS) is 17.4. The van der Waals surface area contributed by atoms with Crippen LogP contribution in [-0.2, 0) is 11.3 Å². The van der Waals surface area contributed by atoms with Crippen LogP contribution in [-0.4, -0.2) is 24.4 Å². The molecule has 104 valence electrons. The maximum atomic E-state index is 13.1. The lowest BCUT2D eigenvalue weighted by molar-refractivity contribution is -0.140. The summed E-state index contributed by atoms with van der Waals surface area (Å²) in [6, 6.07) is 6.37. The van der Waals surface area contributed by atoms with E-state index in [-0.39, 0.29) is 17.1 Å².